The number of rotatable bonds is 3. The molecule has 0 aromatic carbocycles. The van der Waals surface area contributed by atoms with Crippen molar-refractivity contribution in [1.82, 2.24) is 14.5 Å². The van der Waals surface area contributed by atoms with E-state index in [0.717, 1.165) is 12.8 Å². The summed E-state index contributed by atoms with van der Waals surface area (Å²) in [5.41, 5.74) is 0. The molecular weight excluding hydrogens is 282 g/mol. The summed E-state index contributed by atoms with van der Waals surface area (Å²) < 4.78 is 40.0. The molecule has 0 bridgehead atoms. The van der Waals surface area contributed by atoms with Gasteiger partial charge in [-0.05, 0) is 19.3 Å². The third-order valence-electron chi connectivity index (χ3n) is 3.79. The van der Waals surface area contributed by atoms with Gasteiger partial charge in [-0.1, -0.05) is 0 Å². The first kappa shape index (κ1) is 14.0. The fraction of sp³-hybridized carbons (Fsp3) is 0.750. The summed E-state index contributed by atoms with van der Waals surface area (Å²) in [5.74, 6) is 0. The zero-order valence-electron chi connectivity index (χ0n) is 11.4. The zero-order chi connectivity index (χ0) is 14.2. The number of hydrogen-bond acceptors (Lipinski definition) is 5. The van der Waals surface area contributed by atoms with Gasteiger partial charge in [-0.2, -0.15) is 5.10 Å². The largest absolute Gasteiger partial charge is 0.373 e. The average Bonchev–Trinajstić information content (AvgIpc) is 2.86. The number of fused-ring (bicyclic) bond motifs is 1. The van der Waals surface area contributed by atoms with Crippen molar-refractivity contribution in [3.8, 4) is 0 Å². The molecule has 0 amide bonds. The van der Waals surface area contributed by atoms with Crippen molar-refractivity contribution in [3.05, 3.63) is 12.4 Å². The molecule has 0 radical (unpaired) electrons. The van der Waals surface area contributed by atoms with E-state index < -0.39 is 10.0 Å². The standard InChI is InChI=1S/C12H19N3O4S/c1-15-8-10(7-13-15)20(16,17)14-9-2-3-11-12(6-9)19-5-4-18-11/h7-9,11-12,14H,2-6H2,1H3/t9-,11+,12-/m1/s1. The lowest BCUT2D eigenvalue weighted by molar-refractivity contribution is -0.156. The van der Waals surface area contributed by atoms with E-state index in [1.54, 1.807) is 7.05 Å². The number of aryl methyl sites for hydroxylation is 1. The Morgan fingerprint density at radius 3 is 2.75 bits per heavy atom. The van der Waals surface area contributed by atoms with Gasteiger partial charge >= 0.3 is 0 Å². The summed E-state index contributed by atoms with van der Waals surface area (Å²) >= 11 is 0. The number of sulfonamides is 1. The molecule has 1 aliphatic heterocycles. The molecule has 2 aliphatic rings. The Morgan fingerprint density at radius 1 is 1.30 bits per heavy atom. The lowest BCUT2D eigenvalue weighted by Crippen LogP contribution is -2.49. The Hall–Kier alpha value is -0.960. The highest BCUT2D eigenvalue weighted by Crippen LogP contribution is 2.27. The monoisotopic (exact) mass is 301 g/mol. The van der Waals surface area contributed by atoms with E-state index in [2.05, 4.69) is 9.82 Å². The highest BCUT2D eigenvalue weighted by atomic mass is 32.2. The van der Waals surface area contributed by atoms with Crippen LogP contribution in [0.3, 0.4) is 0 Å². The molecule has 1 aromatic rings. The van der Waals surface area contributed by atoms with E-state index in [4.69, 9.17) is 9.47 Å². The quantitative estimate of drug-likeness (QED) is 0.852. The van der Waals surface area contributed by atoms with E-state index in [1.807, 2.05) is 0 Å². The van der Waals surface area contributed by atoms with Crippen LogP contribution in [0, 0.1) is 0 Å². The molecule has 2 heterocycles. The fourth-order valence-electron chi connectivity index (χ4n) is 2.80. The summed E-state index contributed by atoms with van der Waals surface area (Å²) in [4.78, 5) is 0.197. The van der Waals surface area contributed by atoms with Crippen LogP contribution in [-0.2, 0) is 26.5 Å². The van der Waals surface area contributed by atoms with Gasteiger partial charge in [0.2, 0.25) is 10.0 Å². The molecule has 2 fully saturated rings. The van der Waals surface area contributed by atoms with Crippen molar-refractivity contribution < 1.29 is 17.9 Å². The van der Waals surface area contributed by atoms with E-state index in [0.29, 0.717) is 19.6 Å². The molecule has 3 atom stereocenters. The van der Waals surface area contributed by atoms with Crippen LogP contribution in [0.1, 0.15) is 19.3 Å². The van der Waals surface area contributed by atoms with Crippen LogP contribution in [0.2, 0.25) is 0 Å². The zero-order valence-corrected chi connectivity index (χ0v) is 12.2. The van der Waals surface area contributed by atoms with Crippen molar-refractivity contribution in [1.29, 1.82) is 0 Å². The Labute approximate surface area is 118 Å². The summed E-state index contributed by atoms with van der Waals surface area (Å²) in [7, 11) is -1.81. The average molecular weight is 301 g/mol. The molecule has 112 valence electrons. The summed E-state index contributed by atoms with van der Waals surface area (Å²) in [5, 5.41) is 3.89. The van der Waals surface area contributed by atoms with Gasteiger partial charge < -0.3 is 9.47 Å². The first-order valence-electron chi connectivity index (χ1n) is 6.79. The van der Waals surface area contributed by atoms with Gasteiger partial charge in [0.25, 0.3) is 0 Å². The van der Waals surface area contributed by atoms with Crippen LogP contribution < -0.4 is 4.72 Å². The second kappa shape index (κ2) is 5.44. The third kappa shape index (κ3) is 2.88. The molecule has 7 nitrogen and oxygen atoms in total. The Morgan fingerprint density at radius 2 is 2.05 bits per heavy atom. The van der Waals surface area contributed by atoms with Crippen molar-refractivity contribution in [2.24, 2.45) is 7.05 Å². The van der Waals surface area contributed by atoms with Gasteiger partial charge in [-0.15, -0.1) is 0 Å². The second-order valence-electron chi connectivity index (χ2n) is 5.30. The lowest BCUT2D eigenvalue weighted by atomic mass is 9.90. The maximum absolute atomic E-state index is 12.2. The normalized spacial score (nSPS) is 30.9. The smallest absolute Gasteiger partial charge is 0.243 e. The first-order chi connectivity index (χ1) is 9.54. The Bertz CT molecular complexity index is 571. The lowest BCUT2D eigenvalue weighted by Gasteiger charge is -2.38. The van der Waals surface area contributed by atoms with Crippen LogP contribution in [-0.4, -0.2) is 49.7 Å². The molecule has 20 heavy (non-hydrogen) atoms. The fourth-order valence-corrected chi connectivity index (χ4v) is 4.06. The topological polar surface area (TPSA) is 82.5 Å². The molecule has 0 unspecified atom stereocenters. The van der Waals surface area contributed by atoms with Gasteiger partial charge in [0.15, 0.2) is 0 Å². The van der Waals surface area contributed by atoms with Crippen LogP contribution in [0.15, 0.2) is 17.3 Å². The number of ether oxygens (including phenoxy) is 2. The molecule has 1 saturated carbocycles. The molecule has 1 N–H and O–H groups in total. The maximum Gasteiger partial charge on any atom is 0.243 e. The van der Waals surface area contributed by atoms with Crippen LogP contribution in [0.4, 0.5) is 0 Å². The van der Waals surface area contributed by atoms with E-state index >= 15 is 0 Å². The Balaban J connectivity index is 1.66. The summed E-state index contributed by atoms with van der Waals surface area (Å²) in [6.07, 6.45) is 5.21. The van der Waals surface area contributed by atoms with Crippen LogP contribution >= 0.6 is 0 Å². The van der Waals surface area contributed by atoms with Gasteiger partial charge in [-0.3, -0.25) is 4.68 Å². The number of hydrogen-bond donors (Lipinski definition) is 1. The molecule has 1 saturated heterocycles. The predicted octanol–water partition coefficient (Wildman–Crippen LogP) is 0.0349. The number of nitrogens with zero attached hydrogens (tertiary/aromatic N) is 2. The number of aromatic nitrogens is 2. The second-order valence-corrected chi connectivity index (χ2v) is 7.01. The van der Waals surface area contributed by atoms with Crippen LogP contribution in [0.5, 0.6) is 0 Å². The molecule has 1 aliphatic carbocycles. The van der Waals surface area contributed by atoms with Gasteiger partial charge in [0, 0.05) is 19.3 Å². The minimum atomic E-state index is -3.51. The molecule has 0 spiro atoms. The van der Waals surface area contributed by atoms with Crippen molar-refractivity contribution >= 4 is 10.0 Å². The summed E-state index contributed by atoms with van der Waals surface area (Å²) in [6, 6.07) is -0.108. The SMILES string of the molecule is Cn1cc(S(=O)(=O)N[C@@H]2CC[C@@H]3OCCO[C@@H]3C2)cn1. The highest BCUT2D eigenvalue weighted by Gasteiger charge is 2.35. The minimum absolute atomic E-state index is 0.000835. The molecule has 3 rings (SSSR count). The van der Waals surface area contributed by atoms with E-state index in [1.165, 1.54) is 17.1 Å². The predicted molar refractivity (Wildman–Crippen MR) is 70.6 cm³/mol. The molecule has 1 aromatic heterocycles. The highest BCUT2D eigenvalue weighted by molar-refractivity contribution is 7.89. The molecular formula is C12H19N3O4S. The van der Waals surface area contributed by atoms with E-state index in [-0.39, 0.29) is 23.1 Å². The van der Waals surface area contributed by atoms with E-state index in [9.17, 15) is 8.42 Å². The van der Waals surface area contributed by atoms with Crippen LogP contribution in [0.25, 0.3) is 0 Å². The van der Waals surface area contributed by atoms with Crippen molar-refractivity contribution in [2.45, 2.75) is 42.4 Å². The van der Waals surface area contributed by atoms with Gasteiger partial charge in [-0.25, -0.2) is 13.1 Å². The van der Waals surface area contributed by atoms with Crippen molar-refractivity contribution in [3.63, 3.8) is 0 Å². The Kier molecular flexibility index (Phi) is 3.80. The van der Waals surface area contributed by atoms with Crippen molar-refractivity contribution in [2.75, 3.05) is 13.2 Å². The third-order valence-corrected chi connectivity index (χ3v) is 5.27. The first-order valence-corrected chi connectivity index (χ1v) is 8.27. The summed E-state index contributed by atoms with van der Waals surface area (Å²) in [6.45, 7) is 1.22. The number of nitrogens with one attached hydrogen (secondary N) is 1. The van der Waals surface area contributed by atoms with Gasteiger partial charge in [0.1, 0.15) is 4.90 Å². The minimum Gasteiger partial charge on any atom is -0.373 e. The van der Waals surface area contributed by atoms with Gasteiger partial charge in [0.05, 0.1) is 31.6 Å². The molecule has 8 heteroatoms. The maximum atomic E-state index is 12.2.